The van der Waals surface area contributed by atoms with Gasteiger partial charge in [0.25, 0.3) is 5.56 Å². The van der Waals surface area contributed by atoms with E-state index in [4.69, 9.17) is 9.84 Å². The van der Waals surface area contributed by atoms with Crippen LogP contribution in [0.1, 0.15) is 16.8 Å². The number of fused-ring (bicyclic) bond motifs is 1. The van der Waals surface area contributed by atoms with Gasteiger partial charge in [-0.3, -0.25) is 13.9 Å². The Morgan fingerprint density at radius 3 is 2.65 bits per heavy atom. The lowest BCUT2D eigenvalue weighted by atomic mass is 10.2. The molecule has 2 heterocycles. The number of carboxylic acid groups (broad SMARTS) is 1. The van der Waals surface area contributed by atoms with Crippen molar-refractivity contribution in [1.82, 2.24) is 18.7 Å². The first kappa shape index (κ1) is 17.5. The number of rotatable bonds is 6. The second kappa shape index (κ2) is 6.87. The minimum Gasteiger partial charge on any atom is -0.493 e. The molecule has 0 fully saturated rings. The molecular formula is C17H18N4O5. The first-order valence-electron chi connectivity index (χ1n) is 7.97. The average Bonchev–Trinajstić information content (AvgIpc) is 3.06. The number of ether oxygens (including phenoxy) is 1. The highest BCUT2D eigenvalue weighted by Gasteiger charge is 2.14. The van der Waals surface area contributed by atoms with Crippen molar-refractivity contribution in [2.24, 2.45) is 14.1 Å². The van der Waals surface area contributed by atoms with Crippen molar-refractivity contribution in [3.8, 4) is 5.75 Å². The van der Waals surface area contributed by atoms with Crippen molar-refractivity contribution in [2.75, 3.05) is 6.61 Å². The quantitative estimate of drug-likeness (QED) is 0.647. The summed E-state index contributed by atoms with van der Waals surface area (Å²) in [6.45, 7) is 0.717. The second-order valence-corrected chi connectivity index (χ2v) is 5.82. The first-order valence-corrected chi connectivity index (χ1v) is 7.97. The zero-order chi connectivity index (χ0) is 18.8. The molecule has 0 bridgehead atoms. The van der Waals surface area contributed by atoms with Gasteiger partial charge >= 0.3 is 11.7 Å². The van der Waals surface area contributed by atoms with Crippen molar-refractivity contribution in [1.29, 1.82) is 0 Å². The fraction of sp³-hybridized carbons (Fsp3) is 0.294. The number of para-hydroxylation sites is 1. The maximum Gasteiger partial charge on any atom is 0.339 e. The van der Waals surface area contributed by atoms with Gasteiger partial charge in [-0.25, -0.2) is 14.6 Å². The van der Waals surface area contributed by atoms with Crippen molar-refractivity contribution < 1.29 is 14.6 Å². The van der Waals surface area contributed by atoms with Crippen LogP contribution in [0.5, 0.6) is 5.75 Å². The molecule has 0 aliphatic rings. The molecule has 0 unspecified atom stereocenters. The van der Waals surface area contributed by atoms with Crippen LogP contribution in [-0.2, 0) is 20.6 Å². The number of hydrogen-bond acceptors (Lipinski definition) is 5. The molecular weight excluding hydrogens is 340 g/mol. The van der Waals surface area contributed by atoms with Crippen molar-refractivity contribution in [3.05, 3.63) is 57.0 Å². The molecule has 136 valence electrons. The zero-order valence-electron chi connectivity index (χ0n) is 14.4. The molecule has 0 saturated carbocycles. The monoisotopic (exact) mass is 358 g/mol. The summed E-state index contributed by atoms with van der Waals surface area (Å²) in [7, 11) is 2.99. The molecule has 1 N–H and O–H groups in total. The van der Waals surface area contributed by atoms with Gasteiger partial charge in [-0.05, 0) is 18.6 Å². The molecule has 3 rings (SSSR count). The predicted octanol–water partition coefficient (Wildman–Crippen LogP) is 0.601. The van der Waals surface area contributed by atoms with Gasteiger partial charge in [0.05, 0.1) is 12.9 Å². The van der Waals surface area contributed by atoms with Gasteiger partial charge < -0.3 is 14.4 Å². The Morgan fingerprint density at radius 2 is 1.92 bits per heavy atom. The highest BCUT2D eigenvalue weighted by atomic mass is 16.5. The standard InChI is InChI=1S/C17H18N4O5/c1-19-14-13(15(22)20(2)17(19)25)21(10-18-14)8-5-9-26-12-7-4-3-6-11(12)16(23)24/h3-4,6-7,10H,5,8-9H2,1-2H3,(H,23,24). The molecule has 0 saturated heterocycles. The molecule has 0 aliphatic carbocycles. The van der Waals surface area contributed by atoms with E-state index in [9.17, 15) is 14.4 Å². The van der Waals surface area contributed by atoms with Crippen LogP contribution in [0.15, 0.2) is 40.2 Å². The molecule has 0 radical (unpaired) electrons. The van der Waals surface area contributed by atoms with E-state index in [1.165, 1.54) is 24.0 Å². The molecule has 26 heavy (non-hydrogen) atoms. The molecule has 9 nitrogen and oxygen atoms in total. The maximum atomic E-state index is 12.3. The predicted molar refractivity (Wildman–Crippen MR) is 93.7 cm³/mol. The third-order valence-corrected chi connectivity index (χ3v) is 4.14. The summed E-state index contributed by atoms with van der Waals surface area (Å²) in [5.41, 5.74) is -0.0562. The highest BCUT2D eigenvalue weighted by Crippen LogP contribution is 2.18. The fourth-order valence-electron chi connectivity index (χ4n) is 2.75. The van der Waals surface area contributed by atoms with Gasteiger partial charge in [0.2, 0.25) is 0 Å². The molecule has 0 amide bonds. The Bertz CT molecular complexity index is 1090. The van der Waals surface area contributed by atoms with Gasteiger partial charge in [-0.15, -0.1) is 0 Å². The molecule has 9 heteroatoms. The van der Waals surface area contributed by atoms with Crippen molar-refractivity contribution in [3.63, 3.8) is 0 Å². The van der Waals surface area contributed by atoms with E-state index in [1.807, 2.05) is 0 Å². The zero-order valence-corrected chi connectivity index (χ0v) is 14.4. The minimum atomic E-state index is -1.05. The van der Waals surface area contributed by atoms with Gasteiger partial charge in [-0.1, -0.05) is 12.1 Å². The normalized spacial score (nSPS) is 11.0. The van der Waals surface area contributed by atoms with Crippen molar-refractivity contribution in [2.45, 2.75) is 13.0 Å². The van der Waals surface area contributed by atoms with E-state index >= 15 is 0 Å². The molecule has 0 aliphatic heterocycles. The summed E-state index contributed by atoms with van der Waals surface area (Å²) in [6, 6.07) is 6.41. The topological polar surface area (TPSA) is 108 Å². The van der Waals surface area contributed by atoms with Crippen LogP contribution < -0.4 is 16.0 Å². The summed E-state index contributed by atoms with van der Waals surface area (Å²) in [6.07, 6.45) is 2.04. The maximum absolute atomic E-state index is 12.3. The van der Waals surface area contributed by atoms with Crippen LogP contribution >= 0.6 is 0 Å². The van der Waals surface area contributed by atoms with Crippen LogP contribution in [0, 0.1) is 0 Å². The van der Waals surface area contributed by atoms with E-state index in [1.54, 1.807) is 29.8 Å². The molecule has 3 aromatic rings. The summed E-state index contributed by atoms with van der Waals surface area (Å²) in [5.74, 6) is -0.751. The number of benzene rings is 1. The largest absolute Gasteiger partial charge is 0.493 e. The number of carboxylic acids is 1. The number of aromatic nitrogens is 4. The SMILES string of the molecule is Cn1c(=O)c2c(ncn2CCCOc2ccccc2C(=O)O)n(C)c1=O. The Balaban J connectivity index is 1.75. The van der Waals surface area contributed by atoms with Crippen molar-refractivity contribution >= 4 is 17.1 Å². The number of nitrogens with zero attached hydrogens (tertiary/aromatic N) is 4. The minimum absolute atomic E-state index is 0.101. The van der Waals surface area contributed by atoms with E-state index in [0.29, 0.717) is 29.9 Å². The Hall–Kier alpha value is -3.36. The summed E-state index contributed by atoms with van der Waals surface area (Å²) < 4.78 is 9.59. The van der Waals surface area contributed by atoms with Crippen LogP contribution in [-0.4, -0.2) is 36.4 Å². The summed E-state index contributed by atoms with van der Waals surface area (Å²) >= 11 is 0. The third-order valence-electron chi connectivity index (χ3n) is 4.14. The lowest BCUT2D eigenvalue weighted by Gasteiger charge is -2.10. The molecule has 1 aromatic carbocycles. The van der Waals surface area contributed by atoms with Gasteiger partial charge in [0.1, 0.15) is 11.3 Å². The number of aryl methyl sites for hydroxylation is 2. The van der Waals surface area contributed by atoms with E-state index in [0.717, 1.165) is 4.57 Å². The average molecular weight is 358 g/mol. The van der Waals surface area contributed by atoms with Gasteiger partial charge in [-0.2, -0.15) is 0 Å². The van der Waals surface area contributed by atoms with Crippen LogP contribution in [0.25, 0.3) is 11.2 Å². The van der Waals surface area contributed by atoms with Gasteiger partial charge in [0.15, 0.2) is 11.2 Å². The Labute approximate surface area is 147 Å². The van der Waals surface area contributed by atoms with Crippen LogP contribution in [0.3, 0.4) is 0 Å². The number of carbonyl (C=O) groups is 1. The second-order valence-electron chi connectivity index (χ2n) is 5.82. The van der Waals surface area contributed by atoms with E-state index < -0.39 is 17.2 Å². The molecule has 0 spiro atoms. The van der Waals surface area contributed by atoms with Crippen LogP contribution in [0.2, 0.25) is 0 Å². The summed E-state index contributed by atoms with van der Waals surface area (Å²) in [5, 5.41) is 9.14. The van der Waals surface area contributed by atoms with Gasteiger partial charge in [0, 0.05) is 20.6 Å². The van der Waals surface area contributed by atoms with Crippen LogP contribution in [0.4, 0.5) is 0 Å². The first-order chi connectivity index (χ1) is 12.4. The number of imidazole rings is 1. The molecule has 2 aromatic heterocycles. The van der Waals surface area contributed by atoms with E-state index in [2.05, 4.69) is 4.98 Å². The number of hydrogen-bond donors (Lipinski definition) is 1. The Kier molecular flexibility index (Phi) is 4.61. The lowest BCUT2D eigenvalue weighted by Crippen LogP contribution is -2.37. The number of aromatic carboxylic acids is 1. The summed E-state index contributed by atoms with van der Waals surface area (Å²) in [4.78, 5) is 39.6. The van der Waals surface area contributed by atoms with E-state index in [-0.39, 0.29) is 12.2 Å². The third kappa shape index (κ3) is 2.99. The Morgan fingerprint density at radius 1 is 1.19 bits per heavy atom. The molecule has 0 atom stereocenters. The fourth-order valence-corrected chi connectivity index (χ4v) is 2.75. The smallest absolute Gasteiger partial charge is 0.339 e. The highest BCUT2D eigenvalue weighted by molar-refractivity contribution is 5.90. The lowest BCUT2D eigenvalue weighted by molar-refractivity contribution is 0.0692.